The van der Waals surface area contributed by atoms with Gasteiger partial charge in [0.15, 0.2) is 0 Å². The van der Waals surface area contributed by atoms with Crippen molar-refractivity contribution in [1.29, 1.82) is 0 Å². The minimum absolute atomic E-state index is 0.0787. The summed E-state index contributed by atoms with van der Waals surface area (Å²) in [5.74, 6) is 0.00646. The SMILES string of the molecule is Cc1ccc(C=C2SC(=S)N(CCCC(=O)N(Cc3ccccc3)C(C)(C)C)C2=O)cc1. The van der Waals surface area contributed by atoms with Gasteiger partial charge in [-0.05, 0) is 51.3 Å². The number of thiocarbonyl (C=S) groups is 1. The van der Waals surface area contributed by atoms with Crippen LogP contribution in [0.15, 0.2) is 59.5 Å². The maximum atomic E-state index is 13.0. The summed E-state index contributed by atoms with van der Waals surface area (Å²) in [5, 5.41) is 0. The number of carbonyl (C=O) groups is 2. The maximum absolute atomic E-state index is 13.0. The third-order valence-corrected chi connectivity index (χ3v) is 6.69. The zero-order chi connectivity index (χ0) is 23.3. The highest BCUT2D eigenvalue weighted by Gasteiger charge is 2.32. The summed E-state index contributed by atoms with van der Waals surface area (Å²) in [6.45, 7) is 9.20. The van der Waals surface area contributed by atoms with Crippen molar-refractivity contribution in [2.45, 2.75) is 52.6 Å². The molecule has 3 rings (SSSR count). The van der Waals surface area contributed by atoms with Crippen LogP contribution in [0, 0.1) is 6.92 Å². The van der Waals surface area contributed by atoms with Crippen LogP contribution in [0.5, 0.6) is 0 Å². The molecule has 0 N–H and O–H groups in total. The van der Waals surface area contributed by atoms with Gasteiger partial charge in [-0.25, -0.2) is 0 Å². The van der Waals surface area contributed by atoms with Crippen LogP contribution in [0.4, 0.5) is 0 Å². The molecule has 1 saturated heterocycles. The molecule has 2 aromatic rings. The van der Waals surface area contributed by atoms with Gasteiger partial charge in [-0.1, -0.05) is 84.1 Å². The van der Waals surface area contributed by atoms with Crippen molar-refractivity contribution in [2.75, 3.05) is 6.54 Å². The average molecular weight is 467 g/mol. The molecule has 0 aliphatic carbocycles. The van der Waals surface area contributed by atoms with Gasteiger partial charge in [0.1, 0.15) is 4.32 Å². The minimum Gasteiger partial charge on any atom is -0.334 e. The first-order valence-corrected chi connectivity index (χ1v) is 12.0. The normalized spacial score (nSPS) is 15.5. The van der Waals surface area contributed by atoms with Crippen molar-refractivity contribution in [1.82, 2.24) is 9.80 Å². The van der Waals surface area contributed by atoms with E-state index in [4.69, 9.17) is 12.2 Å². The molecule has 0 bridgehead atoms. The highest BCUT2D eigenvalue weighted by molar-refractivity contribution is 8.26. The molecule has 0 saturated carbocycles. The molecule has 168 valence electrons. The van der Waals surface area contributed by atoms with Crippen molar-refractivity contribution in [3.8, 4) is 0 Å². The van der Waals surface area contributed by atoms with Gasteiger partial charge < -0.3 is 4.90 Å². The number of hydrogen-bond acceptors (Lipinski definition) is 4. The van der Waals surface area contributed by atoms with E-state index >= 15 is 0 Å². The molecule has 0 radical (unpaired) electrons. The van der Waals surface area contributed by atoms with Crippen LogP contribution in [0.25, 0.3) is 6.08 Å². The molecule has 1 heterocycles. The fraction of sp³-hybridized carbons (Fsp3) is 0.346. The molecule has 1 aliphatic rings. The monoisotopic (exact) mass is 466 g/mol. The lowest BCUT2D eigenvalue weighted by Gasteiger charge is -2.36. The second-order valence-corrected chi connectivity index (χ2v) is 10.7. The van der Waals surface area contributed by atoms with Gasteiger partial charge in [0, 0.05) is 25.0 Å². The molecule has 0 aromatic heterocycles. The Morgan fingerprint density at radius 2 is 1.75 bits per heavy atom. The first-order chi connectivity index (χ1) is 15.1. The Bertz CT molecular complexity index is 1010. The Labute approximate surface area is 200 Å². The summed E-state index contributed by atoms with van der Waals surface area (Å²) in [5.41, 5.74) is 2.98. The number of nitrogens with zero attached hydrogens (tertiary/aromatic N) is 2. The Hall–Kier alpha value is -2.44. The van der Waals surface area contributed by atoms with E-state index in [1.807, 2.05) is 93.3 Å². The molecule has 32 heavy (non-hydrogen) atoms. The second kappa shape index (κ2) is 10.5. The molecule has 1 fully saturated rings. The van der Waals surface area contributed by atoms with Crippen molar-refractivity contribution < 1.29 is 9.59 Å². The minimum atomic E-state index is -0.286. The average Bonchev–Trinajstić information content (AvgIpc) is 3.00. The zero-order valence-electron chi connectivity index (χ0n) is 19.1. The van der Waals surface area contributed by atoms with Gasteiger partial charge in [0.2, 0.25) is 5.91 Å². The van der Waals surface area contributed by atoms with Crippen LogP contribution in [0.3, 0.4) is 0 Å². The number of carbonyl (C=O) groups excluding carboxylic acids is 2. The fourth-order valence-electron chi connectivity index (χ4n) is 3.50. The van der Waals surface area contributed by atoms with Crippen molar-refractivity contribution in [3.63, 3.8) is 0 Å². The number of rotatable bonds is 7. The van der Waals surface area contributed by atoms with Crippen LogP contribution in [-0.2, 0) is 16.1 Å². The van der Waals surface area contributed by atoms with E-state index in [-0.39, 0.29) is 17.4 Å². The molecule has 4 nitrogen and oxygen atoms in total. The van der Waals surface area contributed by atoms with Crippen molar-refractivity contribution in [2.24, 2.45) is 0 Å². The number of amides is 2. The third kappa shape index (κ3) is 6.30. The van der Waals surface area contributed by atoms with E-state index in [0.717, 1.165) is 11.1 Å². The molecule has 0 spiro atoms. The molecule has 0 atom stereocenters. The van der Waals surface area contributed by atoms with E-state index in [1.165, 1.54) is 17.3 Å². The van der Waals surface area contributed by atoms with E-state index in [1.54, 1.807) is 4.90 Å². The summed E-state index contributed by atoms with van der Waals surface area (Å²) in [7, 11) is 0. The number of thioether (sulfide) groups is 1. The quantitative estimate of drug-likeness (QED) is 0.382. The summed E-state index contributed by atoms with van der Waals surface area (Å²) < 4.78 is 0.553. The molecule has 1 aliphatic heterocycles. The highest BCUT2D eigenvalue weighted by Crippen LogP contribution is 2.33. The number of benzene rings is 2. The molecular formula is C26H30N2O2S2. The molecule has 2 amide bonds. The lowest BCUT2D eigenvalue weighted by molar-refractivity contribution is -0.137. The van der Waals surface area contributed by atoms with E-state index in [0.29, 0.717) is 35.2 Å². The van der Waals surface area contributed by atoms with Gasteiger partial charge in [-0.2, -0.15) is 0 Å². The lowest BCUT2D eigenvalue weighted by atomic mass is 10.0. The number of aryl methyl sites for hydroxylation is 1. The lowest BCUT2D eigenvalue weighted by Crippen LogP contribution is -2.45. The standard InChI is InChI=1S/C26H30N2O2S2/c1-19-12-14-20(15-13-19)17-22-24(30)27(25(31)32-22)16-8-11-23(29)28(26(2,3)4)18-21-9-6-5-7-10-21/h5-7,9-10,12-15,17H,8,11,16,18H2,1-4H3. The smallest absolute Gasteiger partial charge is 0.266 e. The first-order valence-electron chi connectivity index (χ1n) is 10.8. The third-order valence-electron chi connectivity index (χ3n) is 5.32. The van der Waals surface area contributed by atoms with Crippen molar-refractivity contribution >= 4 is 46.2 Å². The topological polar surface area (TPSA) is 40.6 Å². The highest BCUT2D eigenvalue weighted by atomic mass is 32.2. The van der Waals surface area contributed by atoms with Gasteiger partial charge in [-0.3, -0.25) is 14.5 Å². The second-order valence-electron chi connectivity index (χ2n) is 8.98. The van der Waals surface area contributed by atoms with E-state index < -0.39 is 0 Å². The van der Waals surface area contributed by atoms with Gasteiger partial charge >= 0.3 is 0 Å². The van der Waals surface area contributed by atoms with E-state index in [2.05, 4.69) is 0 Å². The summed E-state index contributed by atoms with van der Waals surface area (Å²) in [4.78, 5) is 30.0. The number of hydrogen-bond donors (Lipinski definition) is 0. The van der Waals surface area contributed by atoms with Crippen LogP contribution in [0.1, 0.15) is 50.3 Å². The summed E-state index contributed by atoms with van der Waals surface area (Å²) in [6.07, 6.45) is 2.83. The van der Waals surface area contributed by atoms with Gasteiger partial charge in [0.25, 0.3) is 5.91 Å². The van der Waals surface area contributed by atoms with Gasteiger partial charge in [-0.15, -0.1) is 0 Å². The van der Waals surface area contributed by atoms with Gasteiger partial charge in [0.05, 0.1) is 4.91 Å². The van der Waals surface area contributed by atoms with Crippen LogP contribution in [-0.4, -0.2) is 38.0 Å². The molecule has 0 unspecified atom stereocenters. The molecule has 6 heteroatoms. The van der Waals surface area contributed by atoms with E-state index in [9.17, 15) is 9.59 Å². The zero-order valence-corrected chi connectivity index (χ0v) is 20.8. The predicted octanol–water partition coefficient (Wildman–Crippen LogP) is 5.80. The van der Waals surface area contributed by atoms with Crippen LogP contribution in [0.2, 0.25) is 0 Å². The summed E-state index contributed by atoms with van der Waals surface area (Å²) >= 11 is 6.77. The maximum Gasteiger partial charge on any atom is 0.266 e. The Kier molecular flexibility index (Phi) is 7.91. The summed E-state index contributed by atoms with van der Waals surface area (Å²) in [6, 6.07) is 18.0. The Morgan fingerprint density at radius 1 is 1.09 bits per heavy atom. The largest absolute Gasteiger partial charge is 0.334 e. The first kappa shape index (κ1) is 24.2. The Balaban J connectivity index is 1.59. The van der Waals surface area contributed by atoms with Crippen LogP contribution >= 0.6 is 24.0 Å². The molecular weight excluding hydrogens is 436 g/mol. The molecule has 2 aromatic carbocycles. The Morgan fingerprint density at radius 3 is 2.38 bits per heavy atom. The van der Waals surface area contributed by atoms with Crippen LogP contribution < -0.4 is 0 Å². The predicted molar refractivity (Wildman–Crippen MR) is 137 cm³/mol. The fourth-order valence-corrected chi connectivity index (χ4v) is 4.80. The van der Waals surface area contributed by atoms with Crippen molar-refractivity contribution in [3.05, 3.63) is 76.2 Å².